The molecule has 286 valence electrons. The zero-order valence-electron chi connectivity index (χ0n) is 31.3. The van der Waals surface area contributed by atoms with E-state index in [9.17, 15) is 4.79 Å². The number of benzene rings is 3. The molecule has 0 radical (unpaired) electrons. The smallest absolute Gasteiger partial charge is 0.251 e. The van der Waals surface area contributed by atoms with Gasteiger partial charge in [-0.2, -0.15) is 5.10 Å². The summed E-state index contributed by atoms with van der Waals surface area (Å²) in [6, 6.07) is 27.1. The first-order valence-electron chi connectivity index (χ1n) is 19.2. The fourth-order valence-corrected chi connectivity index (χ4v) is 7.88. The number of amides is 1. The molecule has 2 fully saturated rings. The van der Waals surface area contributed by atoms with Gasteiger partial charge in [-0.1, -0.05) is 18.2 Å². The maximum absolute atomic E-state index is 13.9. The quantitative estimate of drug-likeness (QED) is 0.139. The summed E-state index contributed by atoms with van der Waals surface area (Å²) in [6.45, 7) is 1.27. The Morgan fingerprint density at radius 3 is 2.54 bits per heavy atom. The van der Waals surface area contributed by atoms with Gasteiger partial charge in [0.2, 0.25) is 0 Å². The zero-order chi connectivity index (χ0) is 38.5. The number of pyridine rings is 2. The normalized spacial score (nSPS) is 16.5. The van der Waals surface area contributed by atoms with E-state index in [1.807, 2.05) is 60.8 Å². The standard InChI is InChI=1S/C44H40N8O5/c1-54-31-12-5-26(6-13-31)25-57-37-16-10-29(23-35(37)44-55-20-21-56-44)43(53)48-36-15-9-28-22-30(11-14-32(28)36)52-41(33-4-2-17-46-40(33)45)50-39-34(27-7-8-27)24-38(49-42(39)52)51-19-3-18-47-51/h2-6,10-14,16-19,22-24,27,36,44H,7-9,15,20-21,25H2,1H3,(H2,45,46)(H,48,53)/t36-/m0/s1. The Balaban J connectivity index is 0.956. The summed E-state index contributed by atoms with van der Waals surface area (Å²) in [5.41, 5.74) is 15.2. The number of methoxy groups -OCH3 is 1. The van der Waals surface area contributed by atoms with Crippen LogP contribution in [0.5, 0.6) is 11.5 Å². The summed E-state index contributed by atoms with van der Waals surface area (Å²) in [4.78, 5) is 28.7. The minimum Gasteiger partial charge on any atom is -0.497 e. The van der Waals surface area contributed by atoms with Crippen LogP contribution < -0.4 is 20.5 Å². The van der Waals surface area contributed by atoms with Crippen LogP contribution in [-0.4, -0.2) is 55.5 Å². The number of nitrogens with two attached hydrogens (primary N) is 1. The Hall–Kier alpha value is -6.57. The van der Waals surface area contributed by atoms with Gasteiger partial charge in [-0.3, -0.25) is 9.36 Å². The molecule has 3 aromatic carbocycles. The number of fused-ring (bicyclic) bond motifs is 2. The second-order valence-corrected chi connectivity index (χ2v) is 14.6. The van der Waals surface area contributed by atoms with E-state index in [0.717, 1.165) is 81.9 Å². The molecular weight excluding hydrogens is 721 g/mol. The first kappa shape index (κ1) is 34.9. The largest absolute Gasteiger partial charge is 0.497 e. The molecule has 13 heteroatoms. The molecule has 3 N–H and O–H groups in total. The van der Waals surface area contributed by atoms with Crippen molar-refractivity contribution in [3.63, 3.8) is 0 Å². The van der Waals surface area contributed by atoms with Gasteiger partial charge in [0.15, 0.2) is 23.6 Å². The minimum atomic E-state index is -0.620. The number of rotatable bonds is 11. The van der Waals surface area contributed by atoms with Crippen LogP contribution in [0.1, 0.15) is 75.7 Å². The number of nitrogen functional groups attached to an aromatic ring is 1. The number of hydrogen-bond donors (Lipinski definition) is 2. The van der Waals surface area contributed by atoms with Crippen LogP contribution in [-0.2, 0) is 22.5 Å². The van der Waals surface area contributed by atoms with Crippen LogP contribution in [0.25, 0.3) is 34.1 Å². The van der Waals surface area contributed by atoms with Crippen molar-refractivity contribution in [1.29, 1.82) is 0 Å². The third-order valence-electron chi connectivity index (χ3n) is 10.9. The fraction of sp³-hybridized carbons (Fsp3) is 0.250. The molecule has 1 atom stereocenters. The lowest BCUT2D eigenvalue weighted by molar-refractivity contribution is -0.0459. The van der Waals surface area contributed by atoms with E-state index in [2.05, 4.69) is 44.2 Å². The van der Waals surface area contributed by atoms with Crippen LogP contribution in [0.15, 0.2) is 104 Å². The first-order chi connectivity index (χ1) is 28.0. The van der Waals surface area contributed by atoms with Crippen LogP contribution in [0, 0.1) is 0 Å². The number of hydrogen-bond acceptors (Lipinski definition) is 10. The van der Waals surface area contributed by atoms with Gasteiger partial charge in [0, 0.05) is 29.8 Å². The van der Waals surface area contributed by atoms with Crippen molar-refractivity contribution in [2.24, 2.45) is 0 Å². The average molecular weight is 761 g/mol. The molecule has 7 aromatic rings. The van der Waals surface area contributed by atoms with Crippen molar-refractivity contribution in [3.8, 4) is 34.4 Å². The highest BCUT2D eigenvalue weighted by Crippen LogP contribution is 2.45. The highest BCUT2D eigenvalue weighted by Gasteiger charge is 2.32. The Bertz CT molecular complexity index is 2610. The summed E-state index contributed by atoms with van der Waals surface area (Å²) in [6.07, 6.45) is 8.48. The second-order valence-electron chi connectivity index (χ2n) is 14.6. The molecule has 4 aromatic heterocycles. The molecule has 13 nitrogen and oxygen atoms in total. The SMILES string of the molecule is COc1ccc(COc2ccc(C(=O)N[C@H]3CCc4cc(-n5c(-c6cccnc6N)nc6c(C7CC7)cc(-n7cccn7)nc65)ccc43)cc2C2OCCO2)cc1. The van der Waals surface area contributed by atoms with Crippen molar-refractivity contribution >= 4 is 22.9 Å². The predicted molar refractivity (Wildman–Crippen MR) is 213 cm³/mol. The van der Waals surface area contributed by atoms with Crippen molar-refractivity contribution in [2.75, 3.05) is 26.1 Å². The van der Waals surface area contributed by atoms with Crippen molar-refractivity contribution in [3.05, 3.63) is 137 Å². The molecule has 3 aliphatic rings. The van der Waals surface area contributed by atoms with E-state index < -0.39 is 6.29 Å². The number of carbonyl (C=O) groups is 1. The maximum atomic E-state index is 13.9. The van der Waals surface area contributed by atoms with E-state index in [0.29, 0.717) is 54.3 Å². The van der Waals surface area contributed by atoms with Crippen LogP contribution in [0.4, 0.5) is 5.82 Å². The molecule has 1 saturated heterocycles. The summed E-state index contributed by atoms with van der Waals surface area (Å²) in [5, 5.41) is 7.78. The average Bonchev–Trinajstić information content (AvgIpc) is 3.66. The molecule has 1 aliphatic heterocycles. The number of anilines is 1. The Morgan fingerprint density at radius 1 is 0.912 bits per heavy atom. The Kier molecular flexibility index (Phi) is 8.87. The van der Waals surface area contributed by atoms with Gasteiger partial charge in [0.25, 0.3) is 5.91 Å². The number of aromatic nitrogens is 6. The van der Waals surface area contributed by atoms with Gasteiger partial charge < -0.3 is 30.0 Å². The van der Waals surface area contributed by atoms with Crippen LogP contribution in [0.2, 0.25) is 0 Å². The maximum Gasteiger partial charge on any atom is 0.251 e. The Labute approximate surface area is 328 Å². The number of aryl methyl sites for hydroxylation is 1. The van der Waals surface area contributed by atoms with Gasteiger partial charge >= 0.3 is 0 Å². The topological polar surface area (TPSA) is 153 Å². The minimum absolute atomic E-state index is 0.172. The van der Waals surface area contributed by atoms with E-state index in [-0.39, 0.29) is 11.9 Å². The van der Waals surface area contributed by atoms with E-state index in [4.69, 9.17) is 34.6 Å². The summed E-state index contributed by atoms with van der Waals surface area (Å²) in [7, 11) is 1.64. The molecule has 1 saturated carbocycles. The monoisotopic (exact) mass is 760 g/mol. The lowest BCUT2D eigenvalue weighted by atomic mass is 10.0. The molecule has 57 heavy (non-hydrogen) atoms. The van der Waals surface area contributed by atoms with Gasteiger partial charge in [-0.15, -0.1) is 0 Å². The predicted octanol–water partition coefficient (Wildman–Crippen LogP) is 7.18. The van der Waals surface area contributed by atoms with Gasteiger partial charge in [0.05, 0.1) is 37.5 Å². The number of imidazole rings is 1. The van der Waals surface area contributed by atoms with Gasteiger partial charge in [0.1, 0.15) is 29.4 Å². The van der Waals surface area contributed by atoms with E-state index in [1.165, 1.54) is 0 Å². The van der Waals surface area contributed by atoms with Crippen LogP contribution in [0.3, 0.4) is 0 Å². The van der Waals surface area contributed by atoms with Crippen molar-refractivity contribution < 1.29 is 23.7 Å². The molecule has 0 spiro atoms. The fourth-order valence-electron chi connectivity index (χ4n) is 7.88. The Morgan fingerprint density at radius 2 is 1.77 bits per heavy atom. The molecule has 1 amide bonds. The third kappa shape index (κ3) is 6.64. The van der Waals surface area contributed by atoms with Gasteiger partial charge in [-0.25, -0.2) is 19.6 Å². The molecule has 5 heterocycles. The number of carbonyl (C=O) groups excluding carboxylic acids is 1. The second kappa shape index (κ2) is 14.5. The highest BCUT2D eigenvalue weighted by molar-refractivity contribution is 5.95. The van der Waals surface area contributed by atoms with E-state index in [1.54, 1.807) is 30.3 Å². The van der Waals surface area contributed by atoms with Crippen molar-refractivity contribution in [1.82, 2.24) is 34.6 Å². The molecule has 10 rings (SSSR count). The lowest BCUT2D eigenvalue weighted by Gasteiger charge is -2.19. The first-order valence-corrected chi connectivity index (χ1v) is 19.2. The number of nitrogens with one attached hydrogen (secondary N) is 1. The van der Waals surface area contributed by atoms with Crippen LogP contribution >= 0.6 is 0 Å². The highest BCUT2D eigenvalue weighted by atomic mass is 16.7. The molecule has 2 aliphatic carbocycles. The zero-order valence-corrected chi connectivity index (χ0v) is 31.3. The molecule has 0 unspecified atom stereocenters. The molecular formula is C44H40N8O5. The third-order valence-corrected chi connectivity index (χ3v) is 10.9. The summed E-state index contributed by atoms with van der Waals surface area (Å²) in [5.74, 6) is 3.40. The van der Waals surface area contributed by atoms with Crippen molar-refractivity contribution in [2.45, 2.75) is 50.5 Å². The lowest BCUT2D eigenvalue weighted by Crippen LogP contribution is -2.27. The van der Waals surface area contributed by atoms with E-state index >= 15 is 0 Å². The number of ether oxygens (including phenoxy) is 4. The molecule has 0 bridgehead atoms. The number of nitrogens with zero attached hydrogens (tertiary/aromatic N) is 6. The summed E-state index contributed by atoms with van der Waals surface area (Å²) < 4.78 is 27.1. The summed E-state index contributed by atoms with van der Waals surface area (Å²) >= 11 is 0. The van der Waals surface area contributed by atoms with Gasteiger partial charge in [-0.05, 0) is 121 Å².